The zero-order valence-electron chi connectivity index (χ0n) is 13.2. The van der Waals surface area contributed by atoms with E-state index >= 15 is 0 Å². The summed E-state index contributed by atoms with van der Waals surface area (Å²) in [6.07, 6.45) is 4.03. The molecule has 3 atom stereocenters. The lowest BCUT2D eigenvalue weighted by Gasteiger charge is -2.26. The fraction of sp³-hybridized carbons (Fsp3) is 0.938. The van der Waals surface area contributed by atoms with Gasteiger partial charge in [0.2, 0.25) is 0 Å². The SMILES string of the molecule is CC(CC1CC1)NC1C2CN(C(=O)OC(C)(C)C)CC21. The number of hydrogen-bond acceptors (Lipinski definition) is 3. The molecule has 1 aliphatic heterocycles. The molecule has 0 bridgehead atoms. The molecule has 3 rings (SSSR count). The molecule has 1 heterocycles. The van der Waals surface area contributed by atoms with Gasteiger partial charge in [0.25, 0.3) is 0 Å². The largest absolute Gasteiger partial charge is 0.444 e. The predicted molar refractivity (Wildman–Crippen MR) is 78.5 cm³/mol. The predicted octanol–water partition coefficient (Wildman–Crippen LogP) is 2.63. The molecule has 3 unspecified atom stereocenters. The number of amides is 1. The molecule has 20 heavy (non-hydrogen) atoms. The van der Waals surface area contributed by atoms with Crippen LogP contribution in [0.5, 0.6) is 0 Å². The fourth-order valence-corrected chi connectivity index (χ4v) is 3.50. The smallest absolute Gasteiger partial charge is 0.410 e. The highest BCUT2D eigenvalue weighted by Gasteiger charge is 2.57. The Morgan fingerprint density at radius 3 is 2.40 bits per heavy atom. The van der Waals surface area contributed by atoms with Gasteiger partial charge in [0.15, 0.2) is 0 Å². The minimum Gasteiger partial charge on any atom is -0.444 e. The van der Waals surface area contributed by atoms with Crippen molar-refractivity contribution < 1.29 is 9.53 Å². The zero-order chi connectivity index (χ0) is 14.5. The highest BCUT2D eigenvalue weighted by Crippen LogP contribution is 2.46. The Labute approximate surface area is 122 Å². The molecule has 114 valence electrons. The van der Waals surface area contributed by atoms with E-state index in [0.717, 1.165) is 19.0 Å². The van der Waals surface area contributed by atoms with Crippen LogP contribution >= 0.6 is 0 Å². The highest BCUT2D eigenvalue weighted by atomic mass is 16.6. The van der Waals surface area contributed by atoms with Crippen LogP contribution in [-0.4, -0.2) is 41.8 Å². The second-order valence-corrected chi connectivity index (χ2v) is 7.99. The van der Waals surface area contributed by atoms with E-state index < -0.39 is 0 Å². The van der Waals surface area contributed by atoms with Gasteiger partial charge in [0, 0.05) is 25.2 Å². The molecule has 0 aromatic rings. The average Bonchev–Trinajstić information content (AvgIpc) is 3.18. The van der Waals surface area contributed by atoms with E-state index in [1.54, 1.807) is 0 Å². The molecule has 1 N–H and O–H groups in total. The maximum atomic E-state index is 12.0. The number of likely N-dealkylation sites (tertiary alicyclic amines) is 1. The van der Waals surface area contributed by atoms with Gasteiger partial charge in [0.1, 0.15) is 5.60 Å². The van der Waals surface area contributed by atoms with Gasteiger partial charge in [-0.3, -0.25) is 0 Å². The lowest BCUT2D eigenvalue weighted by molar-refractivity contribution is 0.0268. The van der Waals surface area contributed by atoms with Crippen molar-refractivity contribution in [2.45, 2.75) is 64.6 Å². The number of fused-ring (bicyclic) bond motifs is 1. The monoisotopic (exact) mass is 280 g/mol. The molecule has 0 spiro atoms. The van der Waals surface area contributed by atoms with Crippen LogP contribution in [0.2, 0.25) is 0 Å². The van der Waals surface area contributed by atoms with Gasteiger partial charge < -0.3 is 15.0 Å². The second-order valence-electron chi connectivity index (χ2n) is 7.99. The van der Waals surface area contributed by atoms with Crippen LogP contribution in [-0.2, 0) is 4.74 Å². The molecule has 0 radical (unpaired) electrons. The quantitative estimate of drug-likeness (QED) is 0.860. The lowest BCUT2D eigenvalue weighted by atomic mass is 10.1. The van der Waals surface area contributed by atoms with Gasteiger partial charge in [-0.1, -0.05) is 12.8 Å². The van der Waals surface area contributed by atoms with Crippen LogP contribution in [0.3, 0.4) is 0 Å². The maximum Gasteiger partial charge on any atom is 0.410 e. The minimum atomic E-state index is -0.389. The first-order chi connectivity index (χ1) is 9.33. The number of carbonyl (C=O) groups is 1. The van der Waals surface area contributed by atoms with E-state index in [9.17, 15) is 4.79 Å². The Hall–Kier alpha value is -0.770. The van der Waals surface area contributed by atoms with Gasteiger partial charge in [-0.25, -0.2) is 4.79 Å². The fourth-order valence-electron chi connectivity index (χ4n) is 3.50. The molecule has 4 nitrogen and oxygen atoms in total. The third-order valence-corrected chi connectivity index (χ3v) is 4.71. The summed E-state index contributed by atoms with van der Waals surface area (Å²) in [5.41, 5.74) is -0.389. The summed E-state index contributed by atoms with van der Waals surface area (Å²) in [7, 11) is 0. The van der Waals surface area contributed by atoms with Gasteiger partial charge in [0.05, 0.1) is 0 Å². The normalized spacial score (nSPS) is 33.8. The Bertz CT molecular complexity index is 374. The van der Waals surface area contributed by atoms with Crippen molar-refractivity contribution in [1.29, 1.82) is 0 Å². The molecule has 0 aromatic carbocycles. The highest BCUT2D eigenvalue weighted by molar-refractivity contribution is 5.69. The molecule has 3 fully saturated rings. The van der Waals surface area contributed by atoms with Crippen LogP contribution in [0.1, 0.15) is 47.0 Å². The van der Waals surface area contributed by atoms with Crippen molar-refractivity contribution >= 4 is 6.09 Å². The Balaban J connectivity index is 1.40. The molecular weight excluding hydrogens is 252 g/mol. The van der Waals surface area contributed by atoms with E-state index in [1.807, 2.05) is 25.7 Å². The third kappa shape index (κ3) is 3.27. The van der Waals surface area contributed by atoms with Gasteiger partial charge in [-0.15, -0.1) is 0 Å². The Morgan fingerprint density at radius 1 is 1.30 bits per heavy atom. The topological polar surface area (TPSA) is 41.6 Å². The van der Waals surface area contributed by atoms with Crippen LogP contribution in [0.4, 0.5) is 4.79 Å². The van der Waals surface area contributed by atoms with Crippen molar-refractivity contribution in [2.24, 2.45) is 17.8 Å². The van der Waals surface area contributed by atoms with E-state index in [1.165, 1.54) is 19.3 Å². The zero-order valence-corrected chi connectivity index (χ0v) is 13.2. The van der Waals surface area contributed by atoms with E-state index in [0.29, 0.717) is 23.9 Å². The summed E-state index contributed by atoms with van der Waals surface area (Å²) >= 11 is 0. The molecular formula is C16H28N2O2. The van der Waals surface area contributed by atoms with Crippen molar-refractivity contribution in [3.63, 3.8) is 0 Å². The van der Waals surface area contributed by atoms with Crippen LogP contribution in [0.15, 0.2) is 0 Å². The number of hydrogen-bond donors (Lipinski definition) is 1. The Kier molecular flexibility index (Phi) is 3.47. The number of nitrogens with zero attached hydrogens (tertiary/aromatic N) is 1. The first-order valence-corrected chi connectivity index (χ1v) is 8.07. The van der Waals surface area contributed by atoms with Crippen molar-refractivity contribution in [1.82, 2.24) is 10.2 Å². The average molecular weight is 280 g/mol. The molecule has 1 amide bonds. The van der Waals surface area contributed by atoms with E-state index in [-0.39, 0.29) is 11.7 Å². The summed E-state index contributed by atoms with van der Waals surface area (Å²) < 4.78 is 5.43. The van der Waals surface area contributed by atoms with E-state index in [4.69, 9.17) is 4.74 Å². The number of ether oxygens (including phenoxy) is 1. The number of carbonyl (C=O) groups excluding carboxylic acids is 1. The summed E-state index contributed by atoms with van der Waals surface area (Å²) in [5.74, 6) is 2.29. The number of piperidine rings is 1. The minimum absolute atomic E-state index is 0.144. The van der Waals surface area contributed by atoms with Crippen molar-refractivity contribution in [3.8, 4) is 0 Å². The van der Waals surface area contributed by atoms with Gasteiger partial charge >= 0.3 is 6.09 Å². The standard InChI is InChI=1S/C16H28N2O2/c1-10(7-11-5-6-11)17-14-12-8-18(9-13(12)14)15(19)20-16(2,3)4/h10-14,17H,5-9H2,1-4H3. The molecule has 1 saturated heterocycles. The second kappa shape index (κ2) is 4.90. The van der Waals surface area contributed by atoms with E-state index in [2.05, 4.69) is 12.2 Å². The first kappa shape index (κ1) is 14.2. The molecule has 2 saturated carbocycles. The summed E-state index contributed by atoms with van der Waals surface area (Å²) in [6, 6.07) is 1.27. The summed E-state index contributed by atoms with van der Waals surface area (Å²) in [4.78, 5) is 13.9. The molecule has 3 aliphatic rings. The van der Waals surface area contributed by atoms with Gasteiger partial charge in [-0.05, 0) is 51.9 Å². The number of nitrogens with one attached hydrogen (secondary N) is 1. The summed E-state index contributed by atoms with van der Waals surface area (Å²) in [6.45, 7) is 9.81. The molecule has 0 aromatic heterocycles. The third-order valence-electron chi connectivity index (χ3n) is 4.71. The van der Waals surface area contributed by atoms with Crippen molar-refractivity contribution in [3.05, 3.63) is 0 Å². The lowest BCUT2D eigenvalue weighted by Crippen LogP contribution is -2.40. The number of rotatable bonds is 4. The van der Waals surface area contributed by atoms with Crippen LogP contribution < -0.4 is 5.32 Å². The Morgan fingerprint density at radius 2 is 1.90 bits per heavy atom. The van der Waals surface area contributed by atoms with Crippen molar-refractivity contribution in [2.75, 3.05) is 13.1 Å². The van der Waals surface area contributed by atoms with Crippen LogP contribution in [0, 0.1) is 17.8 Å². The first-order valence-electron chi connectivity index (χ1n) is 8.07. The van der Waals surface area contributed by atoms with Gasteiger partial charge in [-0.2, -0.15) is 0 Å². The summed E-state index contributed by atoms with van der Waals surface area (Å²) in [5, 5.41) is 3.76. The molecule has 2 aliphatic carbocycles. The van der Waals surface area contributed by atoms with Crippen LogP contribution in [0.25, 0.3) is 0 Å². The maximum absolute atomic E-state index is 12.0. The molecule has 4 heteroatoms.